The van der Waals surface area contributed by atoms with Gasteiger partial charge in [-0.1, -0.05) is 11.6 Å². The number of H-pyrrole nitrogens is 1. The van der Waals surface area contributed by atoms with Crippen LogP contribution in [0.3, 0.4) is 0 Å². The van der Waals surface area contributed by atoms with E-state index < -0.39 is 0 Å². The highest BCUT2D eigenvalue weighted by Gasteiger charge is 2.18. The molecule has 2 heterocycles. The third kappa shape index (κ3) is 3.16. The number of benzene rings is 1. The van der Waals surface area contributed by atoms with Crippen molar-refractivity contribution >= 4 is 17.4 Å². The van der Waals surface area contributed by atoms with Crippen LogP contribution in [0.25, 0.3) is 0 Å². The number of nitrogens with one attached hydrogen (secondary N) is 1. The first kappa shape index (κ1) is 16.2. The maximum atomic E-state index is 12.8. The lowest BCUT2D eigenvalue weighted by Crippen LogP contribution is -2.12. The highest BCUT2D eigenvalue weighted by atomic mass is 35.5. The Morgan fingerprint density at radius 2 is 1.92 bits per heavy atom. The smallest absolute Gasteiger partial charge is 0.264 e. The summed E-state index contributed by atoms with van der Waals surface area (Å²) in [7, 11) is 1.86. The zero-order chi connectivity index (χ0) is 17.3. The number of ketones is 1. The SMILES string of the molecule is Cc1cc(Cc2ccc(=O)[nH]n2)n(C)c1C(=O)c1ccc(Cl)cc1. The van der Waals surface area contributed by atoms with E-state index in [0.29, 0.717) is 22.7 Å². The summed E-state index contributed by atoms with van der Waals surface area (Å²) >= 11 is 5.88. The van der Waals surface area contributed by atoms with Crippen molar-refractivity contribution in [2.24, 2.45) is 7.05 Å². The van der Waals surface area contributed by atoms with Gasteiger partial charge in [0.25, 0.3) is 5.56 Å². The molecule has 0 bridgehead atoms. The average Bonchev–Trinajstić information content (AvgIpc) is 2.83. The van der Waals surface area contributed by atoms with Crippen LogP contribution in [-0.4, -0.2) is 20.5 Å². The maximum Gasteiger partial charge on any atom is 0.264 e. The zero-order valence-electron chi connectivity index (χ0n) is 13.3. The summed E-state index contributed by atoms with van der Waals surface area (Å²) in [5.74, 6) is -0.0488. The summed E-state index contributed by atoms with van der Waals surface area (Å²) in [6, 6.07) is 12.0. The Hall–Kier alpha value is -2.66. The fraction of sp³-hybridized carbons (Fsp3) is 0.167. The predicted octanol–water partition coefficient (Wildman–Crippen LogP) is 2.89. The molecule has 1 N–H and O–H groups in total. The number of hydrogen-bond acceptors (Lipinski definition) is 3. The molecular formula is C18H16ClN3O2. The first-order chi connectivity index (χ1) is 11.5. The predicted molar refractivity (Wildman–Crippen MR) is 92.7 cm³/mol. The van der Waals surface area contributed by atoms with Crippen molar-refractivity contribution in [3.05, 3.63) is 86.0 Å². The Kier molecular flexibility index (Phi) is 4.36. The maximum absolute atomic E-state index is 12.8. The number of rotatable bonds is 4. The number of aromatic nitrogens is 3. The molecule has 0 spiro atoms. The van der Waals surface area contributed by atoms with Gasteiger partial charge in [-0.3, -0.25) is 9.59 Å². The number of carbonyl (C=O) groups is 1. The third-order valence-corrected chi connectivity index (χ3v) is 4.20. The van der Waals surface area contributed by atoms with Crippen molar-refractivity contribution < 1.29 is 4.79 Å². The Morgan fingerprint density at radius 3 is 2.54 bits per heavy atom. The second kappa shape index (κ2) is 6.45. The molecule has 3 aromatic rings. The van der Waals surface area contributed by atoms with E-state index >= 15 is 0 Å². The van der Waals surface area contributed by atoms with Crippen molar-refractivity contribution in [1.29, 1.82) is 0 Å². The molecule has 1 aromatic carbocycles. The number of aromatic amines is 1. The molecule has 0 aliphatic heterocycles. The van der Waals surface area contributed by atoms with E-state index in [9.17, 15) is 9.59 Å². The van der Waals surface area contributed by atoms with Crippen LogP contribution in [0.2, 0.25) is 5.02 Å². The monoisotopic (exact) mass is 341 g/mol. The zero-order valence-corrected chi connectivity index (χ0v) is 14.1. The third-order valence-electron chi connectivity index (χ3n) is 3.94. The van der Waals surface area contributed by atoms with Crippen LogP contribution in [0.4, 0.5) is 0 Å². The van der Waals surface area contributed by atoms with Gasteiger partial charge in [0.15, 0.2) is 0 Å². The normalized spacial score (nSPS) is 10.8. The van der Waals surface area contributed by atoms with Gasteiger partial charge < -0.3 is 4.57 Å². The lowest BCUT2D eigenvalue weighted by atomic mass is 10.1. The molecule has 0 atom stereocenters. The number of aryl methyl sites for hydroxylation is 1. The second-order valence-electron chi connectivity index (χ2n) is 5.65. The Morgan fingerprint density at radius 1 is 1.21 bits per heavy atom. The van der Waals surface area contributed by atoms with Crippen LogP contribution in [-0.2, 0) is 13.5 Å². The number of nitrogens with zero attached hydrogens (tertiary/aromatic N) is 2. The van der Waals surface area contributed by atoms with Gasteiger partial charge in [-0.15, -0.1) is 0 Å². The summed E-state index contributed by atoms with van der Waals surface area (Å²) in [6.45, 7) is 1.91. The summed E-state index contributed by atoms with van der Waals surface area (Å²) in [4.78, 5) is 23.9. The van der Waals surface area contributed by atoms with Gasteiger partial charge in [0.1, 0.15) is 0 Å². The van der Waals surface area contributed by atoms with Gasteiger partial charge in [-0.05, 0) is 48.9 Å². The lowest BCUT2D eigenvalue weighted by Gasteiger charge is -2.08. The molecule has 3 rings (SSSR count). The van der Waals surface area contributed by atoms with E-state index in [-0.39, 0.29) is 11.3 Å². The molecule has 5 nitrogen and oxygen atoms in total. The van der Waals surface area contributed by atoms with Crippen LogP contribution in [0, 0.1) is 6.92 Å². The van der Waals surface area contributed by atoms with Crippen molar-refractivity contribution in [1.82, 2.24) is 14.8 Å². The standard InChI is InChI=1S/C18H16ClN3O2/c1-11-9-15(10-14-7-8-16(23)21-20-14)22(2)17(11)18(24)12-3-5-13(19)6-4-12/h3-9H,10H2,1-2H3,(H,21,23). The second-order valence-corrected chi connectivity index (χ2v) is 6.09. The van der Waals surface area contributed by atoms with E-state index in [2.05, 4.69) is 10.2 Å². The van der Waals surface area contributed by atoms with Gasteiger partial charge in [-0.2, -0.15) is 5.10 Å². The molecule has 0 saturated carbocycles. The summed E-state index contributed by atoms with van der Waals surface area (Å²) < 4.78 is 1.87. The Balaban J connectivity index is 1.94. The first-order valence-electron chi connectivity index (χ1n) is 7.46. The minimum absolute atomic E-state index is 0.0488. The summed E-state index contributed by atoms with van der Waals surface area (Å²) in [6.07, 6.45) is 0.530. The van der Waals surface area contributed by atoms with E-state index in [0.717, 1.165) is 17.0 Å². The Labute approximate surface area is 143 Å². The van der Waals surface area contributed by atoms with Crippen LogP contribution in [0.15, 0.2) is 47.3 Å². The average molecular weight is 342 g/mol. The minimum atomic E-state index is -0.236. The van der Waals surface area contributed by atoms with E-state index in [4.69, 9.17) is 11.6 Å². The summed E-state index contributed by atoms with van der Waals surface area (Å²) in [5.41, 5.74) is 3.58. The molecule has 0 amide bonds. The molecule has 0 fully saturated rings. The van der Waals surface area contributed by atoms with Gasteiger partial charge in [-0.25, -0.2) is 5.10 Å². The quantitative estimate of drug-likeness (QED) is 0.742. The molecule has 6 heteroatoms. The van der Waals surface area contributed by atoms with Gasteiger partial charge in [0.05, 0.1) is 11.4 Å². The highest BCUT2D eigenvalue weighted by molar-refractivity contribution is 6.30. The molecule has 0 radical (unpaired) electrons. The molecule has 122 valence electrons. The van der Waals surface area contributed by atoms with Gasteiger partial charge >= 0.3 is 0 Å². The van der Waals surface area contributed by atoms with Crippen LogP contribution < -0.4 is 5.56 Å². The van der Waals surface area contributed by atoms with E-state index in [1.165, 1.54) is 6.07 Å². The first-order valence-corrected chi connectivity index (χ1v) is 7.83. The van der Waals surface area contributed by atoms with Crippen molar-refractivity contribution in [3.63, 3.8) is 0 Å². The van der Waals surface area contributed by atoms with Gasteiger partial charge in [0.2, 0.25) is 5.78 Å². The van der Waals surface area contributed by atoms with Crippen molar-refractivity contribution in [2.45, 2.75) is 13.3 Å². The molecule has 0 aliphatic rings. The topological polar surface area (TPSA) is 67.8 Å². The van der Waals surface area contributed by atoms with Crippen molar-refractivity contribution in [3.8, 4) is 0 Å². The fourth-order valence-electron chi connectivity index (χ4n) is 2.72. The molecule has 24 heavy (non-hydrogen) atoms. The van der Waals surface area contributed by atoms with Gasteiger partial charge in [0, 0.05) is 35.8 Å². The van der Waals surface area contributed by atoms with E-state index in [1.54, 1.807) is 30.3 Å². The van der Waals surface area contributed by atoms with Crippen LogP contribution >= 0.6 is 11.6 Å². The molecular weight excluding hydrogens is 326 g/mol. The number of hydrogen-bond donors (Lipinski definition) is 1. The highest BCUT2D eigenvalue weighted by Crippen LogP contribution is 2.21. The van der Waals surface area contributed by atoms with Crippen LogP contribution in [0.1, 0.15) is 33.0 Å². The lowest BCUT2D eigenvalue weighted by molar-refractivity contribution is 0.103. The molecule has 0 saturated heterocycles. The van der Waals surface area contributed by atoms with Crippen LogP contribution in [0.5, 0.6) is 0 Å². The summed E-state index contributed by atoms with van der Waals surface area (Å²) in [5, 5.41) is 7.03. The Bertz CT molecular complexity index is 935. The van der Waals surface area contributed by atoms with Crippen molar-refractivity contribution in [2.75, 3.05) is 0 Å². The molecule has 2 aromatic heterocycles. The molecule has 0 unspecified atom stereocenters. The fourth-order valence-corrected chi connectivity index (χ4v) is 2.85. The largest absolute Gasteiger partial charge is 0.344 e. The molecule has 0 aliphatic carbocycles. The number of halogens is 1. The minimum Gasteiger partial charge on any atom is -0.344 e. The van der Waals surface area contributed by atoms with E-state index in [1.807, 2.05) is 24.6 Å². The number of carbonyl (C=O) groups excluding carboxylic acids is 1.